The minimum Gasteiger partial charge on any atom is -0.409 e. The zero-order chi connectivity index (χ0) is 10.1. The second-order valence-corrected chi connectivity index (χ2v) is 4.20. The van der Waals surface area contributed by atoms with Gasteiger partial charge in [0.15, 0.2) is 0 Å². The first kappa shape index (κ1) is 12.9. The van der Waals surface area contributed by atoms with Crippen LogP contribution in [0.3, 0.4) is 0 Å². The summed E-state index contributed by atoms with van der Waals surface area (Å²) >= 11 is 0. The SMILES string of the molecule is C=C(CC)[Si]OCCOC(C)CC. The normalized spacial score (nSPS) is 12.8. The quantitative estimate of drug-likeness (QED) is 0.442. The Morgan fingerprint density at radius 3 is 2.62 bits per heavy atom. The van der Waals surface area contributed by atoms with Gasteiger partial charge in [0.25, 0.3) is 9.76 Å². The van der Waals surface area contributed by atoms with E-state index in [-0.39, 0.29) is 0 Å². The zero-order valence-electron chi connectivity index (χ0n) is 8.93. The van der Waals surface area contributed by atoms with E-state index in [9.17, 15) is 0 Å². The van der Waals surface area contributed by atoms with Gasteiger partial charge in [0.2, 0.25) is 0 Å². The van der Waals surface area contributed by atoms with Crippen molar-refractivity contribution in [3.05, 3.63) is 11.8 Å². The molecule has 0 aliphatic heterocycles. The summed E-state index contributed by atoms with van der Waals surface area (Å²) < 4.78 is 10.8. The van der Waals surface area contributed by atoms with Gasteiger partial charge in [0, 0.05) is 0 Å². The predicted octanol–water partition coefficient (Wildman–Crippen LogP) is 2.36. The number of hydrogen-bond acceptors (Lipinski definition) is 2. The highest BCUT2D eigenvalue weighted by Crippen LogP contribution is 1.96. The molecule has 2 nitrogen and oxygen atoms in total. The Hall–Kier alpha value is -0.123. The fourth-order valence-electron chi connectivity index (χ4n) is 0.634. The fraction of sp³-hybridized carbons (Fsp3) is 0.800. The van der Waals surface area contributed by atoms with Crippen molar-refractivity contribution in [1.82, 2.24) is 0 Å². The average molecular weight is 200 g/mol. The smallest absolute Gasteiger partial charge is 0.263 e. The molecule has 0 bridgehead atoms. The monoisotopic (exact) mass is 200 g/mol. The summed E-state index contributed by atoms with van der Waals surface area (Å²) in [5, 5.41) is 1.17. The van der Waals surface area contributed by atoms with E-state index in [2.05, 4.69) is 27.4 Å². The van der Waals surface area contributed by atoms with E-state index in [1.807, 2.05) is 0 Å². The molecule has 0 saturated heterocycles. The average Bonchev–Trinajstić information content (AvgIpc) is 2.16. The van der Waals surface area contributed by atoms with Crippen LogP contribution >= 0.6 is 0 Å². The maximum absolute atomic E-state index is 5.46. The molecule has 0 aromatic heterocycles. The molecule has 1 atom stereocenters. The Morgan fingerprint density at radius 2 is 2.08 bits per heavy atom. The molecular weight excluding hydrogens is 180 g/mol. The molecule has 0 rings (SSSR count). The summed E-state index contributed by atoms with van der Waals surface area (Å²) in [5.74, 6) is 0. The van der Waals surface area contributed by atoms with Crippen LogP contribution < -0.4 is 0 Å². The predicted molar refractivity (Wildman–Crippen MR) is 56.8 cm³/mol. The van der Waals surface area contributed by atoms with Crippen molar-refractivity contribution in [2.24, 2.45) is 0 Å². The third-order valence-corrected chi connectivity index (χ3v) is 2.80. The van der Waals surface area contributed by atoms with E-state index >= 15 is 0 Å². The molecule has 13 heavy (non-hydrogen) atoms. The Bertz CT molecular complexity index is 137. The molecule has 0 amide bonds. The van der Waals surface area contributed by atoms with Crippen LogP contribution in [0.15, 0.2) is 11.8 Å². The van der Waals surface area contributed by atoms with E-state index in [0.29, 0.717) is 29.1 Å². The van der Waals surface area contributed by atoms with Gasteiger partial charge >= 0.3 is 0 Å². The third-order valence-electron chi connectivity index (χ3n) is 1.81. The Kier molecular flexibility index (Phi) is 8.39. The molecule has 0 N–H and O–H groups in total. The first-order chi connectivity index (χ1) is 6.20. The van der Waals surface area contributed by atoms with Crippen molar-refractivity contribution in [3.8, 4) is 0 Å². The fourth-order valence-corrected chi connectivity index (χ4v) is 1.17. The molecule has 0 saturated carbocycles. The Balaban J connectivity index is 3.12. The lowest BCUT2D eigenvalue weighted by molar-refractivity contribution is 0.0435. The van der Waals surface area contributed by atoms with Crippen LogP contribution in [0.2, 0.25) is 0 Å². The third kappa shape index (κ3) is 8.21. The molecule has 0 aliphatic carbocycles. The number of hydrogen-bond donors (Lipinski definition) is 0. The van der Waals surface area contributed by atoms with Crippen LogP contribution in [0.4, 0.5) is 0 Å². The number of allylic oxidation sites excluding steroid dienone is 1. The molecule has 0 heterocycles. The van der Waals surface area contributed by atoms with E-state index in [0.717, 1.165) is 12.8 Å². The molecular formula is C10H20O2Si. The van der Waals surface area contributed by atoms with Crippen molar-refractivity contribution >= 4 is 9.76 Å². The summed E-state index contributed by atoms with van der Waals surface area (Å²) in [7, 11) is 0.436. The largest absolute Gasteiger partial charge is 0.409 e. The molecule has 0 fully saturated rings. The van der Waals surface area contributed by atoms with Crippen molar-refractivity contribution in [2.45, 2.75) is 39.7 Å². The summed E-state index contributed by atoms with van der Waals surface area (Å²) in [5.41, 5.74) is 0. The molecule has 3 heteroatoms. The first-order valence-corrected chi connectivity index (χ1v) is 5.78. The second kappa shape index (κ2) is 8.47. The van der Waals surface area contributed by atoms with Gasteiger partial charge < -0.3 is 9.16 Å². The topological polar surface area (TPSA) is 18.5 Å². The maximum atomic E-state index is 5.46. The number of rotatable bonds is 8. The van der Waals surface area contributed by atoms with Crippen LogP contribution in [0, 0.1) is 0 Å². The van der Waals surface area contributed by atoms with Crippen LogP contribution in [0.5, 0.6) is 0 Å². The molecule has 2 radical (unpaired) electrons. The Morgan fingerprint density at radius 1 is 1.38 bits per heavy atom. The lowest BCUT2D eigenvalue weighted by Crippen LogP contribution is -2.13. The van der Waals surface area contributed by atoms with Gasteiger partial charge in [-0.15, -0.1) is 6.58 Å². The Labute approximate surface area is 84.3 Å². The molecule has 0 aliphatic rings. The zero-order valence-corrected chi connectivity index (χ0v) is 9.93. The standard InChI is InChI=1S/C10H20O2Si/c1-5-9(3)11-7-8-12-13-10(4)6-2/h9H,4-8H2,1-3H3. The van der Waals surface area contributed by atoms with Gasteiger partial charge in [0.05, 0.1) is 19.3 Å². The molecule has 0 aromatic carbocycles. The van der Waals surface area contributed by atoms with Gasteiger partial charge in [-0.25, -0.2) is 0 Å². The van der Waals surface area contributed by atoms with E-state index in [4.69, 9.17) is 9.16 Å². The molecule has 1 unspecified atom stereocenters. The maximum Gasteiger partial charge on any atom is 0.263 e. The van der Waals surface area contributed by atoms with Crippen LogP contribution in [-0.4, -0.2) is 29.1 Å². The van der Waals surface area contributed by atoms with Crippen LogP contribution in [0.25, 0.3) is 0 Å². The highest BCUT2D eigenvalue weighted by molar-refractivity contribution is 6.37. The summed E-state index contributed by atoms with van der Waals surface area (Å²) in [6.07, 6.45) is 2.41. The van der Waals surface area contributed by atoms with Crippen LogP contribution in [-0.2, 0) is 9.16 Å². The van der Waals surface area contributed by atoms with Crippen molar-refractivity contribution < 1.29 is 9.16 Å². The van der Waals surface area contributed by atoms with E-state index in [1.165, 1.54) is 5.20 Å². The summed E-state index contributed by atoms with van der Waals surface area (Å²) in [6, 6.07) is 0. The van der Waals surface area contributed by atoms with Crippen molar-refractivity contribution in [2.75, 3.05) is 13.2 Å². The molecule has 0 spiro atoms. The van der Waals surface area contributed by atoms with E-state index < -0.39 is 0 Å². The minimum atomic E-state index is 0.348. The molecule has 76 valence electrons. The van der Waals surface area contributed by atoms with Gasteiger partial charge in [-0.1, -0.05) is 19.0 Å². The van der Waals surface area contributed by atoms with Gasteiger partial charge in [-0.3, -0.25) is 0 Å². The summed E-state index contributed by atoms with van der Waals surface area (Å²) in [4.78, 5) is 0. The van der Waals surface area contributed by atoms with Gasteiger partial charge in [-0.2, -0.15) is 0 Å². The van der Waals surface area contributed by atoms with Crippen molar-refractivity contribution in [1.29, 1.82) is 0 Å². The van der Waals surface area contributed by atoms with Crippen molar-refractivity contribution in [3.63, 3.8) is 0 Å². The highest BCUT2D eigenvalue weighted by atomic mass is 28.2. The van der Waals surface area contributed by atoms with Crippen LogP contribution in [0.1, 0.15) is 33.6 Å². The number of ether oxygens (including phenoxy) is 1. The van der Waals surface area contributed by atoms with E-state index in [1.54, 1.807) is 0 Å². The lowest BCUT2D eigenvalue weighted by Gasteiger charge is -2.10. The van der Waals surface area contributed by atoms with Gasteiger partial charge in [0.1, 0.15) is 0 Å². The van der Waals surface area contributed by atoms with Gasteiger partial charge in [-0.05, 0) is 19.8 Å². The minimum absolute atomic E-state index is 0.348. The summed E-state index contributed by atoms with van der Waals surface area (Å²) in [6.45, 7) is 11.5. The molecule has 0 aromatic rings. The first-order valence-electron chi connectivity index (χ1n) is 4.87. The highest BCUT2D eigenvalue weighted by Gasteiger charge is 1.98. The lowest BCUT2D eigenvalue weighted by atomic mass is 10.3. The second-order valence-electron chi connectivity index (χ2n) is 3.00.